The van der Waals surface area contributed by atoms with E-state index in [1.165, 1.54) is 6.21 Å². The van der Waals surface area contributed by atoms with Crippen LogP contribution in [0, 0.1) is 6.92 Å². The van der Waals surface area contributed by atoms with Gasteiger partial charge >= 0.3 is 5.97 Å². The predicted octanol–water partition coefficient (Wildman–Crippen LogP) is 7.43. The van der Waals surface area contributed by atoms with Crippen LogP contribution in [0.25, 0.3) is 22.0 Å². The van der Waals surface area contributed by atoms with Gasteiger partial charge in [0.2, 0.25) is 0 Å². The van der Waals surface area contributed by atoms with Crippen molar-refractivity contribution in [2.45, 2.75) is 6.92 Å². The summed E-state index contributed by atoms with van der Waals surface area (Å²) in [5.41, 5.74) is 6.72. The van der Waals surface area contributed by atoms with Crippen LogP contribution in [-0.4, -0.2) is 23.1 Å². The zero-order chi connectivity index (χ0) is 26.6. The Morgan fingerprint density at radius 1 is 0.868 bits per heavy atom. The molecule has 0 aliphatic rings. The van der Waals surface area contributed by atoms with Crippen LogP contribution in [0.4, 0.5) is 0 Å². The van der Waals surface area contributed by atoms with Gasteiger partial charge in [-0.1, -0.05) is 83.4 Å². The van der Waals surface area contributed by atoms with Gasteiger partial charge in [0.15, 0.2) is 0 Å². The molecule has 0 saturated carbocycles. The van der Waals surface area contributed by atoms with Gasteiger partial charge in [0.05, 0.1) is 22.3 Å². The largest absolute Gasteiger partial charge is 0.422 e. The molecule has 2 N–H and O–H groups in total. The van der Waals surface area contributed by atoms with E-state index < -0.39 is 11.9 Å². The second-order valence-corrected chi connectivity index (χ2v) is 9.32. The smallest absolute Gasteiger partial charge is 0.343 e. The predicted molar refractivity (Wildman–Crippen MR) is 151 cm³/mol. The normalized spacial score (nSPS) is 11.1. The van der Waals surface area contributed by atoms with Crippen LogP contribution >= 0.6 is 23.2 Å². The molecule has 0 atom stereocenters. The van der Waals surface area contributed by atoms with Crippen molar-refractivity contribution in [1.82, 2.24) is 10.4 Å². The molecule has 38 heavy (non-hydrogen) atoms. The summed E-state index contributed by atoms with van der Waals surface area (Å²) < 4.78 is 5.58. The number of H-pyrrole nitrogens is 1. The first-order valence-electron chi connectivity index (χ1n) is 11.7. The standard InChI is InChI=1S/C30H21Cl2N3O3/c1-18-13-15-19(16-14-18)30(37)38-25-12-5-2-7-20(25)17-33-35-29(36)28-26(21-8-3-4-10-23(21)31)22-9-6-11-24(32)27(22)34-28/h2-17,34H,1H3,(H,35,36). The number of fused-ring (bicyclic) bond motifs is 1. The van der Waals surface area contributed by atoms with Crippen molar-refractivity contribution in [2.75, 3.05) is 0 Å². The molecule has 1 heterocycles. The van der Waals surface area contributed by atoms with E-state index in [9.17, 15) is 9.59 Å². The number of amides is 1. The number of halogens is 2. The van der Waals surface area contributed by atoms with Crippen LogP contribution in [-0.2, 0) is 0 Å². The van der Waals surface area contributed by atoms with E-state index in [0.717, 1.165) is 10.9 Å². The monoisotopic (exact) mass is 541 g/mol. The Morgan fingerprint density at radius 3 is 2.37 bits per heavy atom. The third-order valence-electron chi connectivity index (χ3n) is 5.93. The Labute approximate surface area is 228 Å². The number of hydrogen-bond acceptors (Lipinski definition) is 4. The Morgan fingerprint density at radius 2 is 1.58 bits per heavy atom. The van der Waals surface area contributed by atoms with Crippen LogP contribution in [0.15, 0.2) is 96.1 Å². The Bertz CT molecular complexity index is 1690. The van der Waals surface area contributed by atoms with Crippen molar-refractivity contribution in [1.29, 1.82) is 0 Å². The molecule has 0 aliphatic carbocycles. The lowest BCUT2D eigenvalue weighted by atomic mass is 10.0. The molecule has 0 spiro atoms. The lowest BCUT2D eigenvalue weighted by Gasteiger charge is -2.08. The maximum absolute atomic E-state index is 13.3. The van der Waals surface area contributed by atoms with Gasteiger partial charge in [-0.2, -0.15) is 5.10 Å². The minimum Gasteiger partial charge on any atom is -0.422 e. The first-order valence-corrected chi connectivity index (χ1v) is 12.4. The number of aromatic nitrogens is 1. The van der Waals surface area contributed by atoms with Gasteiger partial charge < -0.3 is 9.72 Å². The summed E-state index contributed by atoms with van der Waals surface area (Å²) in [7, 11) is 0. The number of ether oxygens (including phenoxy) is 1. The highest BCUT2D eigenvalue weighted by molar-refractivity contribution is 6.37. The molecule has 8 heteroatoms. The van der Waals surface area contributed by atoms with Crippen molar-refractivity contribution in [2.24, 2.45) is 5.10 Å². The lowest BCUT2D eigenvalue weighted by Crippen LogP contribution is -2.19. The third-order valence-corrected chi connectivity index (χ3v) is 6.58. The van der Waals surface area contributed by atoms with Crippen LogP contribution in [0.5, 0.6) is 5.75 Å². The Kier molecular flexibility index (Phi) is 7.26. The number of aryl methyl sites for hydroxylation is 1. The summed E-state index contributed by atoms with van der Waals surface area (Å²) in [6, 6.07) is 26.7. The second-order valence-electron chi connectivity index (χ2n) is 8.51. The third kappa shape index (κ3) is 5.18. The van der Waals surface area contributed by atoms with Gasteiger partial charge in [-0.15, -0.1) is 0 Å². The molecular weight excluding hydrogens is 521 g/mol. The fraction of sp³-hybridized carbons (Fsp3) is 0.0333. The molecule has 4 aromatic carbocycles. The van der Waals surface area contributed by atoms with Gasteiger partial charge in [-0.3, -0.25) is 4.79 Å². The molecule has 0 radical (unpaired) electrons. The Balaban J connectivity index is 1.41. The average Bonchev–Trinajstić information content (AvgIpc) is 3.31. The fourth-order valence-corrected chi connectivity index (χ4v) is 4.49. The number of hydrogen-bond donors (Lipinski definition) is 2. The zero-order valence-corrected chi connectivity index (χ0v) is 21.7. The van der Waals surface area contributed by atoms with Crippen LogP contribution < -0.4 is 10.2 Å². The number of carbonyl (C=O) groups is 2. The van der Waals surface area contributed by atoms with E-state index in [-0.39, 0.29) is 5.69 Å². The number of nitrogens with one attached hydrogen (secondary N) is 2. The molecule has 0 fully saturated rings. The molecule has 0 saturated heterocycles. The summed E-state index contributed by atoms with van der Waals surface area (Å²) in [6.45, 7) is 1.94. The number of hydrazone groups is 1. The maximum Gasteiger partial charge on any atom is 0.343 e. The van der Waals surface area contributed by atoms with E-state index in [1.807, 2.05) is 49.4 Å². The minimum absolute atomic E-state index is 0.262. The molecule has 1 amide bonds. The summed E-state index contributed by atoms with van der Waals surface area (Å²) in [5, 5.41) is 5.85. The number of nitrogens with zero attached hydrogens (tertiary/aromatic N) is 1. The molecular formula is C30H21Cl2N3O3. The average molecular weight is 542 g/mol. The van der Waals surface area contributed by atoms with E-state index in [0.29, 0.717) is 43.6 Å². The van der Waals surface area contributed by atoms with E-state index >= 15 is 0 Å². The summed E-state index contributed by atoms with van der Waals surface area (Å²) in [6.07, 6.45) is 1.42. The SMILES string of the molecule is Cc1ccc(C(=O)Oc2ccccc2C=NNC(=O)c2[nH]c3c(Cl)cccc3c2-c2ccccc2Cl)cc1. The summed E-state index contributed by atoms with van der Waals surface area (Å²) in [5.74, 6) is -0.669. The van der Waals surface area contributed by atoms with Crippen molar-refractivity contribution in [3.8, 4) is 16.9 Å². The summed E-state index contributed by atoms with van der Waals surface area (Å²) >= 11 is 12.9. The maximum atomic E-state index is 13.3. The van der Waals surface area contributed by atoms with E-state index in [1.54, 1.807) is 48.5 Å². The van der Waals surface area contributed by atoms with Crippen LogP contribution in [0.1, 0.15) is 32.0 Å². The number of carbonyl (C=O) groups excluding carboxylic acids is 2. The number of rotatable bonds is 6. The first kappa shape index (κ1) is 25.3. The molecule has 6 nitrogen and oxygen atoms in total. The van der Waals surface area contributed by atoms with E-state index in [2.05, 4.69) is 15.5 Å². The van der Waals surface area contributed by atoms with Crippen LogP contribution in [0.3, 0.4) is 0 Å². The lowest BCUT2D eigenvalue weighted by molar-refractivity contribution is 0.0734. The molecule has 0 bridgehead atoms. The minimum atomic E-state index is -0.491. The van der Waals surface area contributed by atoms with Crippen molar-refractivity contribution in [3.63, 3.8) is 0 Å². The zero-order valence-electron chi connectivity index (χ0n) is 20.2. The number of esters is 1. The highest BCUT2D eigenvalue weighted by atomic mass is 35.5. The number of aromatic amines is 1. The quantitative estimate of drug-likeness (QED) is 0.101. The molecule has 0 unspecified atom stereocenters. The first-order chi connectivity index (χ1) is 18.4. The highest BCUT2D eigenvalue weighted by Crippen LogP contribution is 2.38. The van der Waals surface area contributed by atoms with Gasteiger partial charge in [0, 0.05) is 27.1 Å². The molecule has 188 valence electrons. The molecule has 1 aromatic heterocycles. The Hall–Kier alpha value is -4.39. The van der Waals surface area contributed by atoms with Crippen molar-refractivity contribution in [3.05, 3.63) is 123 Å². The molecule has 0 aliphatic heterocycles. The number of benzene rings is 4. The van der Waals surface area contributed by atoms with Crippen molar-refractivity contribution < 1.29 is 14.3 Å². The summed E-state index contributed by atoms with van der Waals surface area (Å²) in [4.78, 5) is 29.0. The highest BCUT2D eigenvalue weighted by Gasteiger charge is 2.22. The van der Waals surface area contributed by atoms with Gasteiger partial charge in [0.1, 0.15) is 11.4 Å². The topological polar surface area (TPSA) is 83.5 Å². The second kappa shape index (κ2) is 10.9. The van der Waals surface area contributed by atoms with Gasteiger partial charge in [-0.25, -0.2) is 10.2 Å². The van der Waals surface area contributed by atoms with Crippen LogP contribution in [0.2, 0.25) is 10.0 Å². The van der Waals surface area contributed by atoms with Gasteiger partial charge in [0.25, 0.3) is 5.91 Å². The van der Waals surface area contributed by atoms with E-state index in [4.69, 9.17) is 27.9 Å². The molecule has 5 aromatic rings. The number of para-hydroxylation sites is 2. The van der Waals surface area contributed by atoms with Crippen molar-refractivity contribution >= 4 is 52.2 Å². The fourth-order valence-electron chi connectivity index (χ4n) is 4.04. The molecule has 5 rings (SSSR count). The van der Waals surface area contributed by atoms with Gasteiger partial charge in [-0.05, 0) is 43.3 Å².